The Kier molecular flexibility index (Phi) is 4.23. The summed E-state index contributed by atoms with van der Waals surface area (Å²) >= 11 is 0. The van der Waals surface area contributed by atoms with Gasteiger partial charge in [-0.05, 0) is 19.9 Å². The number of ether oxygens (including phenoxy) is 1. The van der Waals surface area contributed by atoms with Gasteiger partial charge in [-0.2, -0.15) is 13.2 Å². The second-order valence-corrected chi connectivity index (χ2v) is 4.66. The lowest BCUT2D eigenvalue weighted by Gasteiger charge is -2.53. The van der Waals surface area contributed by atoms with Gasteiger partial charge in [0.25, 0.3) is 0 Å². The first-order chi connectivity index (χ1) is 7.33. The van der Waals surface area contributed by atoms with Crippen LogP contribution in [0.15, 0.2) is 0 Å². The number of hydrogen-bond acceptors (Lipinski definition) is 2. The van der Waals surface area contributed by atoms with Gasteiger partial charge in [0, 0.05) is 11.5 Å². The zero-order valence-electron chi connectivity index (χ0n) is 10.0. The fourth-order valence-electron chi connectivity index (χ4n) is 2.31. The third kappa shape index (κ3) is 2.88. The molecule has 1 aliphatic rings. The highest BCUT2D eigenvalue weighted by molar-refractivity contribution is 5.04. The van der Waals surface area contributed by atoms with Crippen LogP contribution in [0.5, 0.6) is 0 Å². The Bertz CT molecular complexity index is 232. The normalized spacial score (nSPS) is 34.9. The summed E-state index contributed by atoms with van der Waals surface area (Å²) in [5.41, 5.74) is -0.0274. The van der Waals surface area contributed by atoms with Crippen molar-refractivity contribution >= 4 is 0 Å². The zero-order chi connectivity index (χ0) is 12.4. The SMILES string of the molecule is CCC1(C)C(NC)CC1OCCC(F)(F)F. The standard InChI is InChI=1S/C11H20F3NO/c1-4-10(2)8(15-3)7-9(10)16-6-5-11(12,13)14/h8-9,15H,4-7H2,1-3H3. The van der Waals surface area contributed by atoms with Crippen molar-refractivity contribution in [2.24, 2.45) is 5.41 Å². The molecule has 0 amide bonds. The van der Waals surface area contributed by atoms with Gasteiger partial charge in [-0.3, -0.25) is 0 Å². The first-order valence-corrected chi connectivity index (χ1v) is 5.69. The van der Waals surface area contributed by atoms with Crippen molar-refractivity contribution in [3.8, 4) is 0 Å². The summed E-state index contributed by atoms with van der Waals surface area (Å²) in [6, 6.07) is 0.355. The van der Waals surface area contributed by atoms with Crippen LogP contribution in [0.2, 0.25) is 0 Å². The van der Waals surface area contributed by atoms with E-state index in [1.807, 2.05) is 14.0 Å². The first-order valence-electron chi connectivity index (χ1n) is 5.69. The average molecular weight is 239 g/mol. The number of nitrogens with one attached hydrogen (secondary N) is 1. The van der Waals surface area contributed by atoms with E-state index in [0.29, 0.717) is 6.04 Å². The number of rotatable bonds is 5. The molecule has 0 spiro atoms. The topological polar surface area (TPSA) is 21.3 Å². The summed E-state index contributed by atoms with van der Waals surface area (Å²) in [4.78, 5) is 0. The Balaban J connectivity index is 2.34. The summed E-state index contributed by atoms with van der Waals surface area (Å²) in [7, 11) is 1.88. The third-order valence-corrected chi connectivity index (χ3v) is 3.80. The minimum atomic E-state index is -4.12. The average Bonchev–Trinajstić information content (AvgIpc) is 2.19. The van der Waals surface area contributed by atoms with Crippen LogP contribution >= 0.6 is 0 Å². The number of alkyl halides is 3. The Morgan fingerprint density at radius 2 is 2.06 bits per heavy atom. The maximum Gasteiger partial charge on any atom is 0.391 e. The summed E-state index contributed by atoms with van der Waals surface area (Å²) in [6.45, 7) is 3.89. The lowest BCUT2D eigenvalue weighted by molar-refractivity contribution is -0.174. The molecule has 0 radical (unpaired) electrons. The van der Waals surface area contributed by atoms with E-state index in [-0.39, 0.29) is 18.1 Å². The molecule has 0 saturated heterocycles. The predicted molar refractivity (Wildman–Crippen MR) is 56.3 cm³/mol. The lowest BCUT2D eigenvalue weighted by Crippen LogP contribution is -2.61. The monoisotopic (exact) mass is 239 g/mol. The van der Waals surface area contributed by atoms with Gasteiger partial charge in [0.2, 0.25) is 0 Å². The van der Waals surface area contributed by atoms with Gasteiger partial charge >= 0.3 is 6.18 Å². The minimum Gasteiger partial charge on any atom is -0.377 e. The van der Waals surface area contributed by atoms with Crippen LogP contribution in [0.3, 0.4) is 0 Å². The molecular formula is C11H20F3NO. The molecule has 1 fully saturated rings. The quantitative estimate of drug-likeness (QED) is 0.796. The smallest absolute Gasteiger partial charge is 0.377 e. The summed E-state index contributed by atoms with van der Waals surface area (Å²) in [5, 5.41) is 3.18. The molecule has 0 bridgehead atoms. The minimum absolute atomic E-state index is 0.0274. The van der Waals surface area contributed by atoms with Crippen LogP contribution < -0.4 is 5.32 Å². The van der Waals surface area contributed by atoms with E-state index in [0.717, 1.165) is 12.8 Å². The lowest BCUT2D eigenvalue weighted by atomic mass is 9.61. The van der Waals surface area contributed by atoms with Crippen LogP contribution in [-0.4, -0.2) is 32.0 Å². The Morgan fingerprint density at radius 3 is 2.50 bits per heavy atom. The molecular weight excluding hydrogens is 219 g/mol. The third-order valence-electron chi connectivity index (χ3n) is 3.80. The van der Waals surface area contributed by atoms with E-state index >= 15 is 0 Å². The molecule has 5 heteroatoms. The Hall–Kier alpha value is -0.290. The van der Waals surface area contributed by atoms with E-state index in [2.05, 4.69) is 12.2 Å². The molecule has 1 N–H and O–H groups in total. The zero-order valence-corrected chi connectivity index (χ0v) is 10.0. The van der Waals surface area contributed by atoms with Gasteiger partial charge in [0.05, 0.1) is 19.1 Å². The summed E-state index contributed by atoms with van der Waals surface area (Å²) in [6.07, 6.45) is -3.30. The van der Waals surface area contributed by atoms with Crippen molar-refractivity contribution in [1.29, 1.82) is 0 Å². The van der Waals surface area contributed by atoms with Crippen LogP contribution in [0, 0.1) is 5.41 Å². The first kappa shape index (κ1) is 13.8. The molecule has 16 heavy (non-hydrogen) atoms. The van der Waals surface area contributed by atoms with Crippen LogP contribution in [-0.2, 0) is 4.74 Å². The second-order valence-electron chi connectivity index (χ2n) is 4.66. The summed E-state index contributed by atoms with van der Waals surface area (Å²) in [5.74, 6) is 0. The van der Waals surface area contributed by atoms with E-state index in [1.54, 1.807) is 0 Å². The molecule has 1 saturated carbocycles. The van der Waals surface area contributed by atoms with Crippen molar-refractivity contribution in [2.45, 2.75) is 51.4 Å². The van der Waals surface area contributed by atoms with Gasteiger partial charge in [0.15, 0.2) is 0 Å². The van der Waals surface area contributed by atoms with Crippen molar-refractivity contribution in [3.63, 3.8) is 0 Å². The van der Waals surface area contributed by atoms with E-state index in [1.165, 1.54) is 0 Å². The van der Waals surface area contributed by atoms with Crippen molar-refractivity contribution in [2.75, 3.05) is 13.7 Å². The van der Waals surface area contributed by atoms with Crippen molar-refractivity contribution in [1.82, 2.24) is 5.32 Å². The highest BCUT2D eigenvalue weighted by Gasteiger charge is 2.50. The van der Waals surface area contributed by atoms with E-state index in [4.69, 9.17) is 4.74 Å². The van der Waals surface area contributed by atoms with Crippen molar-refractivity contribution in [3.05, 3.63) is 0 Å². The molecule has 96 valence electrons. The van der Waals surface area contributed by atoms with Crippen LogP contribution in [0.1, 0.15) is 33.1 Å². The van der Waals surface area contributed by atoms with Gasteiger partial charge in [0.1, 0.15) is 0 Å². The molecule has 3 unspecified atom stereocenters. The second kappa shape index (κ2) is 4.92. The van der Waals surface area contributed by atoms with Gasteiger partial charge in [-0.1, -0.05) is 13.8 Å². The largest absolute Gasteiger partial charge is 0.391 e. The Morgan fingerprint density at radius 1 is 1.44 bits per heavy atom. The predicted octanol–water partition coefficient (Wildman–Crippen LogP) is 2.73. The van der Waals surface area contributed by atoms with Crippen LogP contribution in [0.25, 0.3) is 0 Å². The van der Waals surface area contributed by atoms with E-state index in [9.17, 15) is 13.2 Å². The molecule has 0 aromatic carbocycles. The molecule has 0 aromatic rings. The fourth-order valence-corrected chi connectivity index (χ4v) is 2.31. The summed E-state index contributed by atoms with van der Waals surface area (Å²) < 4.78 is 41.2. The Labute approximate surface area is 94.5 Å². The molecule has 2 nitrogen and oxygen atoms in total. The fraction of sp³-hybridized carbons (Fsp3) is 1.00. The molecule has 1 rings (SSSR count). The maximum absolute atomic E-state index is 12.0. The highest BCUT2D eigenvalue weighted by atomic mass is 19.4. The van der Waals surface area contributed by atoms with Gasteiger partial charge < -0.3 is 10.1 Å². The maximum atomic E-state index is 12.0. The number of hydrogen-bond donors (Lipinski definition) is 1. The molecule has 0 aromatic heterocycles. The van der Waals surface area contributed by atoms with Crippen molar-refractivity contribution < 1.29 is 17.9 Å². The van der Waals surface area contributed by atoms with Gasteiger partial charge in [-0.25, -0.2) is 0 Å². The molecule has 0 heterocycles. The van der Waals surface area contributed by atoms with Gasteiger partial charge in [-0.15, -0.1) is 0 Å². The van der Waals surface area contributed by atoms with Crippen LogP contribution in [0.4, 0.5) is 13.2 Å². The van der Waals surface area contributed by atoms with E-state index < -0.39 is 12.6 Å². The molecule has 0 aliphatic heterocycles. The number of halogens is 3. The molecule has 1 aliphatic carbocycles. The molecule has 3 atom stereocenters. The highest BCUT2D eigenvalue weighted by Crippen LogP contribution is 2.45.